The fraction of sp³-hybridized carbons (Fsp3) is 0.333. The van der Waals surface area contributed by atoms with E-state index in [2.05, 4.69) is 16.7 Å². The Morgan fingerprint density at radius 1 is 1.04 bits per heavy atom. The Labute approximate surface area is 153 Å². The van der Waals surface area contributed by atoms with Crippen molar-refractivity contribution in [2.75, 3.05) is 18.5 Å². The van der Waals surface area contributed by atoms with Crippen LogP contribution in [-0.4, -0.2) is 25.0 Å². The molecule has 1 heterocycles. The van der Waals surface area contributed by atoms with Gasteiger partial charge in [-0.2, -0.15) is 0 Å². The number of fused-ring (bicyclic) bond motifs is 1. The predicted molar refractivity (Wildman–Crippen MR) is 101 cm³/mol. The fourth-order valence-corrected chi connectivity index (χ4v) is 3.03. The van der Waals surface area contributed by atoms with Gasteiger partial charge in [-0.3, -0.25) is 9.59 Å². The number of benzene rings is 2. The topological polar surface area (TPSA) is 67.4 Å². The standard InChI is InChI=1S/C21H24N2O3/c1-15-6-8-17(9-7-15)23-21(25)11-10-20(24)22-14-19-18-5-3-2-4-16(18)12-13-26-19/h2-9,19H,10-14H2,1H3,(H,22,24)(H,23,25)/t19-/m1/s1. The summed E-state index contributed by atoms with van der Waals surface area (Å²) >= 11 is 0. The van der Waals surface area contributed by atoms with Crippen LogP contribution in [0.1, 0.15) is 35.6 Å². The third-order valence-electron chi connectivity index (χ3n) is 4.49. The molecule has 0 aliphatic carbocycles. The van der Waals surface area contributed by atoms with Crippen LogP contribution in [0.2, 0.25) is 0 Å². The highest BCUT2D eigenvalue weighted by atomic mass is 16.5. The molecule has 2 amide bonds. The zero-order chi connectivity index (χ0) is 18.4. The highest BCUT2D eigenvalue weighted by molar-refractivity contribution is 5.93. The molecule has 0 radical (unpaired) electrons. The molecule has 2 aromatic carbocycles. The number of carbonyl (C=O) groups excluding carboxylic acids is 2. The maximum absolute atomic E-state index is 12.1. The van der Waals surface area contributed by atoms with Gasteiger partial charge in [-0.15, -0.1) is 0 Å². The van der Waals surface area contributed by atoms with Gasteiger partial charge in [0.2, 0.25) is 11.8 Å². The summed E-state index contributed by atoms with van der Waals surface area (Å²) in [6.45, 7) is 3.08. The number of nitrogens with one attached hydrogen (secondary N) is 2. The molecular weight excluding hydrogens is 328 g/mol. The first-order chi connectivity index (χ1) is 12.6. The number of aryl methyl sites for hydroxylation is 1. The second kappa shape index (κ2) is 8.63. The van der Waals surface area contributed by atoms with Gasteiger partial charge in [0.25, 0.3) is 0 Å². The molecule has 0 spiro atoms. The number of hydrogen-bond acceptors (Lipinski definition) is 3. The molecule has 0 aromatic heterocycles. The monoisotopic (exact) mass is 352 g/mol. The van der Waals surface area contributed by atoms with Crippen LogP contribution in [0.4, 0.5) is 5.69 Å². The summed E-state index contributed by atoms with van der Waals surface area (Å²) < 4.78 is 5.78. The molecule has 0 bridgehead atoms. The van der Waals surface area contributed by atoms with Crippen molar-refractivity contribution in [2.45, 2.75) is 32.3 Å². The zero-order valence-electron chi connectivity index (χ0n) is 15.0. The SMILES string of the molecule is Cc1ccc(NC(=O)CCC(=O)NC[C@H]2OCCc3ccccc32)cc1. The molecule has 2 aromatic rings. The van der Waals surface area contributed by atoms with E-state index in [9.17, 15) is 9.59 Å². The van der Waals surface area contributed by atoms with Crippen molar-refractivity contribution in [2.24, 2.45) is 0 Å². The molecule has 0 fully saturated rings. The first-order valence-corrected chi connectivity index (χ1v) is 8.94. The van der Waals surface area contributed by atoms with Crippen molar-refractivity contribution in [3.63, 3.8) is 0 Å². The highest BCUT2D eigenvalue weighted by Crippen LogP contribution is 2.26. The van der Waals surface area contributed by atoms with Gasteiger partial charge in [-0.25, -0.2) is 0 Å². The minimum Gasteiger partial charge on any atom is -0.371 e. The van der Waals surface area contributed by atoms with Crippen molar-refractivity contribution in [3.05, 3.63) is 65.2 Å². The number of carbonyl (C=O) groups is 2. The lowest BCUT2D eigenvalue weighted by Gasteiger charge is -2.26. The largest absolute Gasteiger partial charge is 0.371 e. The van der Waals surface area contributed by atoms with Crippen LogP contribution < -0.4 is 10.6 Å². The second-order valence-electron chi connectivity index (χ2n) is 6.53. The third-order valence-corrected chi connectivity index (χ3v) is 4.49. The summed E-state index contributed by atoms with van der Waals surface area (Å²) in [6, 6.07) is 15.7. The molecule has 5 heteroatoms. The van der Waals surface area contributed by atoms with Crippen LogP contribution in [0.5, 0.6) is 0 Å². The highest BCUT2D eigenvalue weighted by Gasteiger charge is 2.20. The molecule has 2 N–H and O–H groups in total. The minimum atomic E-state index is -0.164. The van der Waals surface area contributed by atoms with Gasteiger partial charge >= 0.3 is 0 Å². The maximum Gasteiger partial charge on any atom is 0.224 e. The number of anilines is 1. The Kier molecular flexibility index (Phi) is 6.02. The number of amides is 2. The maximum atomic E-state index is 12.1. The molecule has 0 saturated carbocycles. The van der Waals surface area contributed by atoms with E-state index in [1.165, 1.54) is 5.56 Å². The summed E-state index contributed by atoms with van der Waals surface area (Å²) in [5, 5.41) is 5.68. The molecule has 26 heavy (non-hydrogen) atoms. The van der Waals surface area contributed by atoms with Gasteiger partial charge in [0, 0.05) is 25.1 Å². The molecule has 0 saturated heterocycles. The van der Waals surface area contributed by atoms with E-state index >= 15 is 0 Å². The summed E-state index contributed by atoms with van der Waals surface area (Å²) in [5.41, 5.74) is 4.29. The Morgan fingerprint density at radius 3 is 2.58 bits per heavy atom. The van der Waals surface area contributed by atoms with Crippen LogP contribution >= 0.6 is 0 Å². The molecule has 5 nitrogen and oxygen atoms in total. The quantitative estimate of drug-likeness (QED) is 0.839. The Balaban J connectivity index is 1.42. The molecule has 1 aliphatic rings. The lowest BCUT2D eigenvalue weighted by molar-refractivity contribution is -0.124. The van der Waals surface area contributed by atoms with Crippen molar-refractivity contribution >= 4 is 17.5 Å². The summed E-state index contributed by atoms with van der Waals surface area (Å²) in [7, 11) is 0. The first kappa shape index (κ1) is 18.1. The van der Waals surface area contributed by atoms with Gasteiger partial charge in [0.05, 0.1) is 6.61 Å². The predicted octanol–water partition coefficient (Wildman–Crippen LogP) is 3.14. The van der Waals surface area contributed by atoms with Crippen LogP contribution in [0.15, 0.2) is 48.5 Å². The van der Waals surface area contributed by atoms with E-state index in [-0.39, 0.29) is 30.8 Å². The van der Waals surface area contributed by atoms with Gasteiger partial charge in [0.1, 0.15) is 6.10 Å². The summed E-state index contributed by atoms with van der Waals surface area (Å²) in [5.74, 6) is -0.307. The lowest BCUT2D eigenvalue weighted by atomic mass is 9.97. The Morgan fingerprint density at radius 2 is 1.77 bits per heavy atom. The van der Waals surface area contributed by atoms with Crippen LogP contribution in [0, 0.1) is 6.92 Å². The molecule has 0 unspecified atom stereocenters. The smallest absolute Gasteiger partial charge is 0.224 e. The molecule has 1 aliphatic heterocycles. The minimum absolute atomic E-state index is 0.120. The Bertz CT molecular complexity index is 771. The molecular formula is C21H24N2O3. The van der Waals surface area contributed by atoms with E-state index in [4.69, 9.17) is 4.74 Å². The average molecular weight is 352 g/mol. The fourth-order valence-electron chi connectivity index (χ4n) is 3.03. The Hall–Kier alpha value is -2.66. The first-order valence-electron chi connectivity index (χ1n) is 8.94. The number of ether oxygens (including phenoxy) is 1. The van der Waals surface area contributed by atoms with E-state index < -0.39 is 0 Å². The molecule has 3 rings (SSSR count). The van der Waals surface area contributed by atoms with Crippen molar-refractivity contribution in [1.29, 1.82) is 0 Å². The second-order valence-corrected chi connectivity index (χ2v) is 6.53. The van der Waals surface area contributed by atoms with Crippen LogP contribution in [0.25, 0.3) is 0 Å². The van der Waals surface area contributed by atoms with Gasteiger partial charge in [0.15, 0.2) is 0 Å². The van der Waals surface area contributed by atoms with E-state index in [1.807, 2.05) is 49.4 Å². The molecule has 1 atom stereocenters. The normalized spacial score (nSPS) is 15.8. The number of rotatable bonds is 6. The summed E-state index contributed by atoms with van der Waals surface area (Å²) in [4.78, 5) is 24.0. The van der Waals surface area contributed by atoms with Gasteiger partial charge in [-0.1, -0.05) is 42.0 Å². The molecule has 136 valence electrons. The van der Waals surface area contributed by atoms with E-state index in [0.717, 1.165) is 23.2 Å². The lowest BCUT2D eigenvalue weighted by Crippen LogP contribution is -2.32. The van der Waals surface area contributed by atoms with Crippen molar-refractivity contribution in [3.8, 4) is 0 Å². The summed E-state index contributed by atoms with van der Waals surface area (Å²) in [6.07, 6.45) is 1.10. The van der Waals surface area contributed by atoms with Crippen molar-refractivity contribution < 1.29 is 14.3 Å². The zero-order valence-corrected chi connectivity index (χ0v) is 15.0. The average Bonchev–Trinajstić information content (AvgIpc) is 2.66. The van der Waals surface area contributed by atoms with Crippen molar-refractivity contribution in [1.82, 2.24) is 5.32 Å². The van der Waals surface area contributed by atoms with Gasteiger partial charge < -0.3 is 15.4 Å². The van der Waals surface area contributed by atoms with Gasteiger partial charge in [-0.05, 0) is 36.6 Å². The van der Waals surface area contributed by atoms with Crippen LogP contribution in [0.3, 0.4) is 0 Å². The number of hydrogen-bond donors (Lipinski definition) is 2. The third kappa shape index (κ3) is 4.92. The van der Waals surface area contributed by atoms with E-state index in [0.29, 0.717) is 13.2 Å². The van der Waals surface area contributed by atoms with E-state index in [1.54, 1.807) is 0 Å². The van der Waals surface area contributed by atoms with Crippen LogP contribution in [-0.2, 0) is 20.7 Å².